The fourth-order valence-corrected chi connectivity index (χ4v) is 3.06. The molecule has 2 unspecified atom stereocenters. The van der Waals surface area contributed by atoms with Crippen LogP contribution in [0.5, 0.6) is 5.75 Å². The molecule has 1 aliphatic rings. The van der Waals surface area contributed by atoms with E-state index in [0.717, 1.165) is 18.4 Å². The van der Waals surface area contributed by atoms with Gasteiger partial charge in [0.25, 0.3) is 0 Å². The van der Waals surface area contributed by atoms with Gasteiger partial charge in [0.05, 0.1) is 19.8 Å². The Morgan fingerprint density at radius 3 is 2.52 bits per heavy atom. The molecule has 1 aliphatic heterocycles. The third-order valence-electron chi connectivity index (χ3n) is 4.65. The second-order valence-corrected chi connectivity index (χ2v) is 6.52. The Labute approximate surface area is 158 Å². The van der Waals surface area contributed by atoms with Crippen LogP contribution in [0, 0.1) is 17.6 Å². The quantitative estimate of drug-likeness (QED) is 0.600. The molecule has 1 fully saturated rings. The molecule has 0 aromatic heterocycles. The van der Waals surface area contributed by atoms with Gasteiger partial charge in [-0.25, -0.2) is 4.39 Å². The summed E-state index contributed by atoms with van der Waals surface area (Å²) in [7, 11) is 0. The molecule has 0 bridgehead atoms. The molecule has 1 heterocycles. The third-order valence-corrected chi connectivity index (χ3v) is 4.65. The minimum absolute atomic E-state index is 0.0741. The lowest BCUT2D eigenvalue weighted by Crippen LogP contribution is -2.27. The van der Waals surface area contributed by atoms with Crippen LogP contribution in [0.25, 0.3) is 11.1 Å². The average Bonchev–Trinajstić information content (AvgIpc) is 2.71. The number of ether oxygens (including phenoxy) is 3. The Bertz CT molecular complexity index is 766. The van der Waals surface area contributed by atoms with E-state index in [0.29, 0.717) is 24.7 Å². The average molecular weight is 374 g/mol. The van der Waals surface area contributed by atoms with Crippen molar-refractivity contribution in [1.29, 1.82) is 0 Å². The molecule has 2 atom stereocenters. The Morgan fingerprint density at radius 1 is 1.11 bits per heavy atom. The number of hydrogen-bond acceptors (Lipinski definition) is 3. The molecular weight excluding hydrogens is 350 g/mol. The third kappa shape index (κ3) is 4.73. The normalized spacial score (nSPS) is 19.7. The summed E-state index contributed by atoms with van der Waals surface area (Å²) < 4.78 is 44.9. The zero-order valence-electron chi connectivity index (χ0n) is 15.4. The van der Waals surface area contributed by atoms with E-state index >= 15 is 0 Å². The molecule has 0 aliphatic carbocycles. The van der Waals surface area contributed by atoms with E-state index in [2.05, 4.69) is 6.58 Å². The summed E-state index contributed by atoms with van der Waals surface area (Å²) in [6, 6.07) is 10.2. The van der Waals surface area contributed by atoms with Crippen molar-refractivity contribution in [2.75, 3.05) is 13.2 Å². The standard InChI is InChI=1S/C22H24F2O3/c1-3-15-7-12-20(26-13-15)27-14-16-5-8-17(9-6-16)18-10-11-19(25-4-2)22(24)21(18)23/h3,5-6,8-11,15,20H,1,4,7,12-14H2,2H3. The van der Waals surface area contributed by atoms with Gasteiger partial charge in [0.1, 0.15) is 0 Å². The van der Waals surface area contributed by atoms with E-state index in [-0.39, 0.29) is 24.2 Å². The topological polar surface area (TPSA) is 27.7 Å². The van der Waals surface area contributed by atoms with Crippen LogP contribution < -0.4 is 4.74 Å². The molecule has 5 heteroatoms. The summed E-state index contributed by atoms with van der Waals surface area (Å²) in [6.07, 6.45) is 3.55. The largest absolute Gasteiger partial charge is 0.491 e. The second kappa shape index (κ2) is 9.11. The lowest BCUT2D eigenvalue weighted by molar-refractivity contribution is -0.177. The lowest BCUT2D eigenvalue weighted by Gasteiger charge is -2.27. The van der Waals surface area contributed by atoms with E-state index in [1.54, 1.807) is 19.1 Å². The van der Waals surface area contributed by atoms with Gasteiger partial charge in [0, 0.05) is 11.5 Å². The first-order valence-corrected chi connectivity index (χ1v) is 9.18. The van der Waals surface area contributed by atoms with Gasteiger partial charge in [-0.1, -0.05) is 30.3 Å². The summed E-state index contributed by atoms with van der Waals surface area (Å²) in [6.45, 7) is 6.83. The van der Waals surface area contributed by atoms with Gasteiger partial charge in [-0.05, 0) is 43.0 Å². The van der Waals surface area contributed by atoms with Crippen LogP contribution in [0.2, 0.25) is 0 Å². The Kier molecular flexibility index (Phi) is 6.58. The smallest absolute Gasteiger partial charge is 0.201 e. The van der Waals surface area contributed by atoms with Gasteiger partial charge < -0.3 is 14.2 Å². The van der Waals surface area contributed by atoms with Crippen LogP contribution in [0.3, 0.4) is 0 Å². The highest BCUT2D eigenvalue weighted by Gasteiger charge is 2.20. The van der Waals surface area contributed by atoms with E-state index in [1.807, 2.05) is 18.2 Å². The van der Waals surface area contributed by atoms with Crippen LogP contribution >= 0.6 is 0 Å². The second-order valence-electron chi connectivity index (χ2n) is 6.52. The first kappa shape index (κ1) is 19.5. The molecule has 3 rings (SSSR count). The first-order chi connectivity index (χ1) is 13.1. The fourth-order valence-electron chi connectivity index (χ4n) is 3.06. The van der Waals surface area contributed by atoms with Crippen molar-refractivity contribution in [3.05, 3.63) is 66.3 Å². The Hall–Kier alpha value is -2.24. The van der Waals surface area contributed by atoms with E-state index in [9.17, 15) is 8.78 Å². The van der Waals surface area contributed by atoms with Gasteiger partial charge in [-0.3, -0.25) is 0 Å². The fraction of sp³-hybridized carbons (Fsp3) is 0.364. The molecule has 3 nitrogen and oxygen atoms in total. The molecule has 0 N–H and O–H groups in total. The van der Waals surface area contributed by atoms with Crippen molar-refractivity contribution in [2.24, 2.45) is 5.92 Å². The maximum Gasteiger partial charge on any atom is 0.201 e. The molecule has 0 saturated carbocycles. The molecule has 0 amide bonds. The minimum atomic E-state index is -0.964. The van der Waals surface area contributed by atoms with Crippen molar-refractivity contribution in [3.63, 3.8) is 0 Å². The van der Waals surface area contributed by atoms with E-state index in [4.69, 9.17) is 14.2 Å². The minimum Gasteiger partial charge on any atom is -0.491 e. The zero-order valence-corrected chi connectivity index (χ0v) is 15.4. The maximum absolute atomic E-state index is 14.3. The van der Waals surface area contributed by atoms with Crippen LogP contribution in [0.4, 0.5) is 8.78 Å². The summed E-state index contributed by atoms with van der Waals surface area (Å²) in [5.74, 6) is -1.55. The predicted octanol–water partition coefficient (Wildman–Crippen LogP) is 5.49. The van der Waals surface area contributed by atoms with E-state index < -0.39 is 11.6 Å². The van der Waals surface area contributed by atoms with Gasteiger partial charge in [-0.15, -0.1) is 6.58 Å². The van der Waals surface area contributed by atoms with Crippen molar-refractivity contribution < 1.29 is 23.0 Å². The highest BCUT2D eigenvalue weighted by atomic mass is 19.2. The number of rotatable bonds is 7. The number of benzene rings is 2. The summed E-state index contributed by atoms with van der Waals surface area (Å²) >= 11 is 0. The van der Waals surface area contributed by atoms with Crippen LogP contribution in [-0.4, -0.2) is 19.5 Å². The van der Waals surface area contributed by atoms with Gasteiger partial charge in [-0.2, -0.15) is 4.39 Å². The zero-order chi connectivity index (χ0) is 19.2. The molecule has 0 radical (unpaired) electrons. The Balaban J connectivity index is 1.62. The molecule has 27 heavy (non-hydrogen) atoms. The molecule has 0 spiro atoms. The van der Waals surface area contributed by atoms with Crippen LogP contribution in [0.1, 0.15) is 25.3 Å². The highest BCUT2D eigenvalue weighted by molar-refractivity contribution is 5.65. The maximum atomic E-state index is 14.3. The van der Waals surface area contributed by atoms with Crippen LogP contribution in [-0.2, 0) is 16.1 Å². The van der Waals surface area contributed by atoms with Crippen molar-refractivity contribution in [1.82, 2.24) is 0 Å². The van der Waals surface area contributed by atoms with E-state index in [1.165, 1.54) is 12.1 Å². The van der Waals surface area contributed by atoms with Gasteiger partial charge in [0.2, 0.25) is 5.82 Å². The predicted molar refractivity (Wildman–Crippen MR) is 100 cm³/mol. The molecule has 144 valence electrons. The molecule has 2 aromatic carbocycles. The number of hydrogen-bond donors (Lipinski definition) is 0. The summed E-state index contributed by atoms with van der Waals surface area (Å²) in [4.78, 5) is 0. The van der Waals surface area contributed by atoms with Gasteiger partial charge in [0.15, 0.2) is 17.9 Å². The monoisotopic (exact) mass is 374 g/mol. The van der Waals surface area contributed by atoms with Crippen molar-refractivity contribution >= 4 is 0 Å². The highest BCUT2D eigenvalue weighted by Crippen LogP contribution is 2.30. The van der Waals surface area contributed by atoms with Crippen LogP contribution in [0.15, 0.2) is 49.1 Å². The SMILES string of the molecule is C=CC1CCC(OCc2ccc(-c3ccc(OCC)c(F)c3F)cc2)OC1. The Morgan fingerprint density at radius 2 is 1.89 bits per heavy atom. The summed E-state index contributed by atoms with van der Waals surface area (Å²) in [5, 5.41) is 0. The lowest BCUT2D eigenvalue weighted by atomic mass is 10.0. The van der Waals surface area contributed by atoms with Crippen molar-refractivity contribution in [3.8, 4) is 16.9 Å². The first-order valence-electron chi connectivity index (χ1n) is 9.18. The van der Waals surface area contributed by atoms with Gasteiger partial charge >= 0.3 is 0 Å². The molecule has 1 saturated heterocycles. The molecular formula is C22H24F2O3. The number of halogens is 2. The molecule has 2 aromatic rings. The summed E-state index contributed by atoms with van der Waals surface area (Å²) in [5.41, 5.74) is 1.75. The van der Waals surface area contributed by atoms with Crippen molar-refractivity contribution in [2.45, 2.75) is 32.7 Å².